The summed E-state index contributed by atoms with van der Waals surface area (Å²) in [5, 5.41) is 4.45. The van der Waals surface area contributed by atoms with E-state index in [-0.39, 0.29) is 17.6 Å². The summed E-state index contributed by atoms with van der Waals surface area (Å²) >= 11 is 3.58. The first-order chi connectivity index (χ1) is 9.97. The van der Waals surface area contributed by atoms with Crippen molar-refractivity contribution in [2.75, 3.05) is 7.11 Å². The van der Waals surface area contributed by atoms with Crippen molar-refractivity contribution in [2.24, 2.45) is 12.8 Å². The Balaban J connectivity index is 2.26. The van der Waals surface area contributed by atoms with E-state index in [1.54, 1.807) is 12.1 Å². The molecule has 4 nitrogen and oxygen atoms in total. The fraction of sp³-hybridized carbons (Fsp3) is 0.400. The lowest BCUT2D eigenvalue weighted by atomic mass is 10.0. The van der Waals surface area contributed by atoms with Crippen LogP contribution in [-0.2, 0) is 19.9 Å². The number of aromatic nitrogens is 2. The van der Waals surface area contributed by atoms with Crippen LogP contribution >= 0.6 is 15.9 Å². The SMILES string of the molecule is CCc1nn(C)c(CC(N)c2ccc(F)c(OC)c2)c1Br. The average Bonchev–Trinajstić information content (AvgIpc) is 2.75. The van der Waals surface area contributed by atoms with Gasteiger partial charge in [-0.2, -0.15) is 5.10 Å². The van der Waals surface area contributed by atoms with Crippen molar-refractivity contribution < 1.29 is 9.13 Å². The fourth-order valence-corrected chi connectivity index (χ4v) is 3.05. The molecule has 0 saturated carbocycles. The summed E-state index contributed by atoms with van der Waals surface area (Å²) in [6.45, 7) is 2.06. The molecule has 21 heavy (non-hydrogen) atoms. The van der Waals surface area contributed by atoms with Crippen LogP contribution in [0.4, 0.5) is 4.39 Å². The first-order valence-electron chi connectivity index (χ1n) is 6.77. The highest BCUT2D eigenvalue weighted by molar-refractivity contribution is 9.10. The van der Waals surface area contributed by atoms with Gasteiger partial charge in [-0.1, -0.05) is 13.0 Å². The van der Waals surface area contributed by atoms with Gasteiger partial charge in [-0.3, -0.25) is 4.68 Å². The van der Waals surface area contributed by atoms with E-state index in [0.29, 0.717) is 6.42 Å². The first-order valence-corrected chi connectivity index (χ1v) is 7.56. The Morgan fingerprint density at radius 1 is 1.48 bits per heavy atom. The maximum absolute atomic E-state index is 13.5. The highest BCUT2D eigenvalue weighted by atomic mass is 79.9. The maximum Gasteiger partial charge on any atom is 0.165 e. The summed E-state index contributed by atoms with van der Waals surface area (Å²) in [5.41, 5.74) is 9.12. The Morgan fingerprint density at radius 3 is 2.76 bits per heavy atom. The Labute approximate surface area is 132 Å². The number of halogens is 2. The standard InChI is InChI=1S/C15H19BrFN3O/c1-4-12-15(16)13(20(2)19-12)8-11(18)9-5-6-10(17)14(7-9)21-3/h5-7,11H,4,8,18H2,1-3H3. The Hall–Kier alpha value is -1.40. The molecule has 0 radical (unpaired) electrons. The van der Waals surface area contributed by atoms with E-state index >= 15 is 0 Å². The third-order valence-electron chi connectivity index (χ3n) is 3.52. The quantitative estimate of drug-likeness (QED) is 0.896. The Kier molecular flexibility index (Phi) is 5.00. The van der Waals surface area contributed by atoms with Gasteiger partial charge in [0.1, 0.15) is 0 Å². The number of hydrogen-bond donors (Lipinski definition) is 1. The van der Waals surface area contributed by atoms with Gasteiger partial charge in [-0.15, -0.1) is 0 Å². The van der Waals surface area contributed by atoms with Crippen molar-refractivity contribution in [3.05, 3.63) is 45.4 Å². The predicted molar refractivity (Wildman–Crippen MR) is 83.9 cm³/mol. The minimum Gasteiger partial charge on any atom is -0.494 e. The Morgan fingerprint density at radius 2 is 2.19 bits per heavy atom. The van der Waals surface area contributed by atoms with E-state index in [0.717, 1.165) is 27.8 Å². The third kappa shape index (κ3) is 3.27. The summed E-state index contributed by atoms with van der Waals surface area (Å²) in [5.74, 6) is -0.176. The summed E-state index contributed by atoms with van der Waals surface area (Å²) in [4.78, 5) is 0. The van der Waals surface area contributed by atoms with Gasteiger partial charge in [-0.05, 0) is 40.0 Å². The zero-order chi connectivity index (χ0) is 15.6. The average molecular weight is 356 g/mol. The number of ether oxygens (including phenoxy) is 1. The number of benzene rings is 1. The lowest BCUT2D eigenvalue weighted by molar-refractivity contribution is 0.385. The molecule has 1 aromatic carbocycles. The molecule has 114 valence electrons. The number of aryl methyl sites for hydroxylation is 2. The molecule has 0 bridgehead atoms. The lowest BCUT2D eigenvalue weighted by Crippen LogP contribution is -2.16. The molecule has 2 N–H and O–H groups in total. The molecule has 0 aliphatic heterocycles. The van der Waals surface area contributed by atoms with E-state index in [2.05, 4.69) is 28.0 Å². The maximum atomic E-state index is 13.5. The van der Waals surface area contributed by atoms with Gasteiger partial charge in [0.2, 0.25) is 0 Å². The number of rotatable bonds is 5. The fourth-order valence-electron chi connectivity index (χ4n) is 2.27. The lowest BCUT2D eigenvalue weighted by Gasteiger charge is -2.14. The molecular weight excluding hydrogens is 337 g/mol. The van der Waals surface area contributed by atoms with Crippen LogP contribution in [0, 0.1) is 5.82 Å². The van der Waals surface area contributed by atoms with Crippen LogP contribution in [0.25, 0.3) is 0 Å². The molecule has 0 aliphatic rings. The van der Waals surface area contributed by atoms with Crippen LogP contribution < -0.4 is 10.5 Å². The predicted octanol–water partition coefficient (Wildman–Crippen LogP) is 3.14. The minimum absolute atomic E-state index is 0.210. The largest absolute Gasteiger partial charge is 0.494 e. The van der Waals surface area contributed by atoms with Gasteiger partial charge >= 0.3 is 0 Å². The summed E-state index contributed by atoms with van der Waals surface area (Å²) < 4.78 is 21.3. The molecule has 6 heteroatoms. The van der Waals surface area contributed by atoms with Gasteiger partial charge in [0.15, 0.2) is 11.6 Å². The summed E-state index contributed by atoms with van der Waals surface area (Å²) in [6.07, 6.45) is 1.47. The molecular formula is C15H19BrFN3O. The normalized spacial score (nSPS) is 12.5. The van der Waals surface area contributed by atoms with E-state index in [1.807, 2.05) is 11.7 Å². The van der Waals surface area contributed by atoms with Gasteiger partial charge in [-0.25, -0.2) is 4.39 Å². The molecule has 0 aliphatic carbocycles. The molecule has 1 atom stereocenters. The molecule has 1 aromatic heterocycles. The van der Waals surface area contributed by atoms with Crippen molar-refractivity contribution in [3.63, 3.8) is 0 Å². The second kappa shape index (κ2) is 6.58. The highest BCUT2D eigenvalue weighted by Gasteiger charge is 2.17. The molecule has 1 heterocycles. The van der Waals surface area contributed by atoms with Crippen LogP contribution in [0.5, 0.6) is 5.75 Å². The number of nitrogens with two attached hydrogens (primary N) is 1. The molecule has 0 amide bonds. The van der Waals surface area contributed by atoms with Crippen molar-refractivity contribution in [1.82, 2.24) is 9.78 Å². The summed E-state index contributed by atoms with van der Waals surface area (Å²) in [6, 6.07) is 4.46. The van der Waals surface area contributed by atoms with Crippen molar-refractivity contribution >= 4 is 15.9 Å². The van der Waals surface area contributed by atoms with Crippen LogP contribution in [0.2, 0.25) is 0 Å². The van der Waals surface area contributed by atoms with Gasteiger partial charge in [0.25, 0.3) is 0 Å². The highest BCUT2D eigenvalue weighted by Crippen LogP contribution is 2.28. The second-order valence-electron chi connectivity index (χ2n) is 4.89. The zero-order valence-corrected chi connectivity index (χ0v) is 13.9. The number of methoxy groups -OCH3 is 1. The number of hydrogen-bond acceptors (Lipinski definition) is 3. The smallest absolute Gasteiger partial charge is 0.165 e. The van der Waals surface area contributed by atoms with E-state index in [9.17, 15) is 4.39 Å². The zero-order valence-electron chi connectivity index (χ0n) is 12.4. The van der Waals surface area contributed by atoms with Crippen LogP contribution in [0.3, 0.4) is 0 Å². The van der Waals surface area contributed by atoms with Crippen molar-refractivity contribution in [2.45, 2.75) is 25.8 Å². The minimum atomic E-state index is -0.386. The van der Waals surface area contributed by atoms with Crippen molar-refractivity contribution in [3.8, 4) is 5.75 Å². The van der Waals surface area contributed by atoms with Crippen molar-refractivity contribution in [1.29, 1.82) is 0 Å². The van der Waals surface area contributed by atoms with Gasteiger partial charge in [0.05, 0.1) is 23.0 Å². The number of nitrogens with zero attached hydrogens (tertiary/aromatic N) is 2. The second-order valence-corrected chi connectivity index (χ2v) is 5.68. The molecule has 0 fully saturated rings. The molecule has 0 saturated heterocycles. The van der Waals surface area contributed by atoms with E-state index in [4.69, 9.17) is 10.5 Å². The first kappa shape index (κ1) is 16.0. The molecule has 1 unspecified atom stereocenters. The van der Waals surface area contributed by atoms with Gasteiger partial charge in [0, 0.05) is 19.5 Å². The van der Waals surface area contributed by atoms with E-state index in [1.165, 1.54) is 13.2 Å². The summed E-state index contributed by atoms with van der Waals surface area (Å²) in [7, 11) is 3.34. The van der Waals surface area contributed by atoms with Gasteiger partial charge < -0.3 is 10.5 Å². The van der Waals surface area contributed by atoms with Crippen LogP contribution in [0.15, 0.2) is 22.7 Å². The molecule has 2 aromatic rings. The van der Waals surface area contributed by atoms with Crippen LogP contribution in [-0.4, -0.2) is 16.9 Å². The monoisotopic (exact) mass is 355 g/mol. The third-order valence-corrected chi connectivity index (χ3v) is 4.43. The molecule has 0 spiro atoms. The van der Waals surface area contributed by atoms with E-state index < -0.39 is 0 Å². The van der Waals surface area contributed by atoms with Crippen LogP contribution in [0.1, 0.15) is 29.9 Å². The Bertz CT molecular complexity index is 642. The topological polar surface area (TPSA) is 53.1 Å². The molecule has 2 rings (SSSR count).